The first kappa shape index (κ1) is 8.16. The molecule has 46 valence electrons. The van der Waals surface area contributed by atoms with Crippen molar-refractivity contribution in [3.8, 4) is 0 Å². The van der Waals surface area contributed by atoms with E-state index in [2.05, 4.69) is 22.9 Å². The van der Waals surface area contributed by atoms with Crippen molar-refractivity contribution in [2.75, 3.05) is 0 Å². The SMILES string of the molecule is I.S=CC1NC=CN1. The first-order valence-electron chi connectivity index (χ1n) is 2.06. The van der Waals surface area contributed by atoms with Crippen LogP contribution >= 0.6 is 36.2 Å². The molecule has 0 unspecified atom stereocenters. The molecule has 0 saturated heterocycles. The highest BCUT2D eigenvalue weighted by molar-refractivity contribution is 14.0. The molecule has 2 nitrogen and oxygen atoms in total. The third-order valence-electron chi connectivity index (χ3n) is 0.771. The van der Waals surface area contributed by atoms with Crippen LogP contribution in [0.2, 0.25) is 0 Å². The fraction of sp³-hybridized carbons (Fsp3) is 0.250. The lowest BCUT2D eigenvalue weighted by molar-refractivity contribution is 0.743. The molecule has 0 aromatic heterocycles. The zero-order valence-corrected chi connectivity index (χ0v) is 7.27. The number of hydrogen-bond donors (Lipinski definition) is 2. The van der Waals surface area contributed by atoms with Gasteiger partial charge in [0.05, 0.1) is 0 Å². The Morgan fingerprint density at radius 1 is 1.38 bits per heavy atom. The highest BCUT2D eigenvalue weighted by Gasteiger charge is 1.99. The van der Waals surface area contributed by atoms with E-state index in [4.69, 9.17) is 0 Å². The Balaban J connectivity index is 0.000000490. The Hall–Kier alpha value is 0.160. The van der Waals surface area contributed by atoms with Crippen LogP contribution in [0, 0.1) is 0 Å². The van der Waals surface area contributed by atoms with E-state index in [1.165, 1.54) is 0 Å². The van der Waals surface area contributed by atoms with Crippen LogP contribution in [0.25, 0.3) is 0 Å². The molecule has 0 spiro atoms. The van der Waals surface area contributed by atoms with Gasteiger partial charge in [-0.1, -0.05) is 12.2 Å². The lowest BCUT2D eigenvalue weighted by Gasteiger charge is -2.01. The monoisotopic (exact) mass is 242 g/mol. The van der Waals surface area contributed by atoms with Gasteiger partial charge in [0.1, 0.15) is 6.17 Å². The van der Waals surface area contributed by atoms with E-state index < -0.39 is 0 Å². The molecule has 1 heterocycles. The van der Waals surface area contributed by atoms with Gasteiger partial charge in [-0.3, -0.25) is 0 Å². The van der Waals surface area contributed by atoms with Crippen molar-refractivity contribution in [2.45, 2.75) is 6.17 Å². The Bertz CT molecular complexity index is 96.2. The zero-order valence-electron chi connectivity index (χ0n) is 4.13. The number of nitrogens with one attached hydrogen (secondary N) is 2. The smallest absolute Gasteiger partial charge is 0.126 e. The molecule has 0 aromatic carbocycles. The van der Waals surface area contributed by atoms with Crippen molar-refractivity contribution in [3.05, 3.63) is 12.4 Å². The zero-order chi connectivity index (χ0) is 5.11. The number of thiocarbonyl (C=S) groups is 1. The van der Waals surface area contributed by atoms with Crippen LogP contribution in [0.15, 0.2) is 12.4 Å². The Kier molecular flexibility index (Phi) is 4.16. The van der Waals surface area contributed by atoms with E-state index in [1.54, 1.807) is 5.37 Å². The molecule has 8 heavy (non-hydrogen) atoms. The van der Waals surface area contributed by atoms with Gasteiger partial charge in [-0.05, 0) is 0 Å². The first-order valence-corrected chi connectivity index (χ1v) is 2.53. The van der Waals surface area contributed by atoms with E-state index in [0.29, 0.717) is 0 Å². The van der Waals surface area contributed by atoms with Crippen molar-refractivity contribution in [3.63, 3.8) is 0 Å². The summed E-state index contributed by atoms with van der Waals surface area (Å²) in [6.45, 7) is 0. The van der Waals surface area contributed by atoms with Gasteiger partial charge in [0, 0.05) is 17.8 Å². The molecule has 1 rings (SSSR count). The summed E-state index contributed by atoms with van der Waals surface area (Å²) in [6, 6.07) is 0. The van der Waals surface area contributed by atoms with Gasteiger partial charge >= 0.3 is 0 Å². The molecule has 0 saturated carbocycles. The molecule has 0 fully saturated rings. The van der Waals surface area contributed by atoms with E-state index >= 15 is 0 Å². The van der Waals surface area contributed by atoms with Gasteiger partial charge in [-0.15, -0.1) is 24.0 Å². The standard InChI is InChI=1S/C4H6N2S.HI/c7-3-4-5-1-2-6-4;/h1-6H;1H. The van der Waals surface area contributed by atoms with Crippen molar-refractivity contribution in [2.24, 2.45) is 0 Å². The second-order valence-electron chi connectivity index (χ2n) is 1.28. The van der Waals surface area contributed by atoms with Crippen LogP contribution in [-0.2, 0) is 0 Å². The van der Waals surface area contributed by atoms with Crippen molar-refractivity contribution in [1.29, 1.82) is 0 Å². The second kappa shape index (κ2) is 4.08. The van der Waals surface area contributed by atoms with Gasteiger partial charge < -0.3 is 10.6 Å². The number of halogens is 1. The van der Waals surface area contributed by atoms with Crippen LogP contribution in [0.3, 0.4) is 0 Å². The molecule has 0 radical (unpaired) electrons. The normalized spacial score (nSPS) is 16.0. The predicted molar refractivity (Wildman–Crippen MR) is 48.3 cm³/mol. The van der Waals surface area contributed by atoms with Gasteiger partial charge in [0.15, 0.2) is 0 Å². The summed E-state index contributed by atoms with van der Waals surface area (Å²) in [5.41, 5.74) is 0. The molecule has 0 aromatic rings. The van der Waals surface area contributed by atoms with Gasteiger partial charge in [0.25, 0.3) is 0 Å². The van der Waals surface area contributed by atoms with Gasteiger partial charge in [-0.2, -0.15) is 0 Å². The molecule has 0 bridgehead atoms. The predicted octanol–water partition coefficient (Wildman–Crippen LogP) is 0.594. The molecule has 1 aliphatic rings. The Morgan fingerprint density at radius 2 is 1.88 bits per heavy atom. The summed E-state index contributed by atoms with van der Waals surface area (Å²) >= 11 is 4.62. The molecular weight excluding hydrogens is 235 g/mol. The van der Waals surface area contributed by atoms with Crippen LogP contribution in [-0.4, -0.2) is 11.5 Å². The molecule has 2 N–H and O–H groups in total. The maximum absolute atomic E-state index is 4.62. The van der Waals surface area contributed by atoms with Crippen molar-refractivity contribution >= 4 is 41.6 Å². The molecule has 1 aliphatic heterocycles. The summed E-state index contributed by atoms with van der Waals surface area (Å²) < 4.78 is 0. The van der Waals surface area contributed by atoms with Gasteiger partial charge in [-0.25, -0.2) is 0 Å². The van der Waals surface area contributed by atoms with E-state index in [0.717, 1.165) is 0 Å². The molecular formula is C4H7IN2S. The van der Waals surface area contributed by atoms with E-state index in [-0.39, 0.29) is 30.1 Å². The maximum atomic E-state index is 4.62. The van der Waals surface area contributed by atoms with Crippen molar-refractivity contribution < 1.29 is 0 Å². The van der Waals surface area contributed by atoms with Gasteiger partial charge in [0.2, 0.25) is 0 Å². The Labute approximate surface area is 70.7 Å². The number of hydrogen-bond acceptors (Lipinski definition) is 3. The minimum absolute atomic E-state index is 0. The average Bonchev–Trinajstić information content (AvgIpc) is 2.14. The first-order chi connectivity index (χ1) is 3.43. The van der Waals surface area contributed by atoms with Crippen LogP contribution < -0.4 is 10.6 Å². The van der Waals surface area contributed by atoms with Crippen LogP contribution in [0.5, 0.6) is 0 Å². The van der Waals surface area contributed by atoms with E-state index in [1.807, 2.05) is 12.4 Å². The molecule has 0 atom stereocenters. The largest absolute Gasteiger partial charge is 0.366 e. The summed E-state index contributed by atoms with van der Waals surface area (Å²) in [7, 11) is 0. The highest BCUT2D eigenvalue weighted by Crippen LogP contribution is 1.80. The lowest BCUT2D eigenvalue weighted by Crippen LogP contribution is -2.30. The third kappa shape index (κ3) is 1.95. The quantitative estimate of drug-likeness (QED) is 0.520. The fourth-order valence-corrected chi connectivity index (χ4v) is 0.587. The Morgan fingerprint density at radius 3 is 2.12 bits per heavy atom. The second-order valence-corrected chi connectivity index (χ2v) is 1.55. The molecule has 0 aliphatic carbocycles. The molecule has 4 heteroatoms. The summed E-state index contributed by atoms with van der Waals surface area (Å²) in [6.07, 6.45) is 3.83. The molecule has 0 amide bonds. The minimum atomic E-state index is 0. The van der Waals surface area contributed by atoms with E-state index in [9.17, 15) is 0 Å². The minimum Gasteiger partial charge on any atom is -0.366 e. The summed E-state index contributed by atoms with van der Waals surface area (Å²) in [4.78, 5) is 0. The fourth-order valence-electron chi connectivity index (χ4n) is 0.430. The maximum Gasteiger partial charge on any atom is 0.126 e. The summed E-state index contributed by atoms with van der Waals surface area (Å²) in [5, 5.41) is 7.55. The van der Waals surface area contributed by atoms with Crippen LogP contribution in [0.4, 0.5) is 0 Å². The topological polar surface area (TPSA) is 24.1 Å². The third-order valence-corrected chi connectivity index (χ3v) is 1.04. The number of rotatable bonds is 1. The van der Waals surface area contributed by atoms with Crippen molar-refractivity contribution in [1.82, 2.24) is 10.6 Å². The lowest BCUT2D eigenvalue weighted by atomic mass is 10.6. The average molecular weight is 242 g/mol. The van der Waals surface area contributed by atoms with Crippen LogP contribution in [0.1, 0.15) is 0 Å². The summed E-state index contributed by atoms with van der Waals surface area (Å²) in [5.74, 6) is 0. The highest BCUT2D eigenvalue weighted by atomic mass is 127.